The van der Waals surface area contributed by atoms with E-state index in [1.807, 2.05) is 18.2 Å². The Morgan fingerprint density at radius 3 is 2.84 bits per heavy atom. The van der Waals surface area contributed by atoms with E-state index in [4.69, 9.17) is 9.47 Å². The largest absolute Gasteiger partial charge is 0.482 e. The van der Waals surface area contributed by atoms with Crippen LogP contribution in [0.4, 0.5) is 5.69 Å². The van der Waals surface area contributed by atoms with Gasteiger partial charge >= 0.3 is 5.97 Å². The van der Waals surface area contributed by atoms with Crippen LogP contribution in [0.5, 0.6) is 5.75 Å². The van der Waals surface area contributed by atoms with Gasteiger partial charge < -0.3 is 14.4 Å². The van der Waals surface area contributed by atoms with Crippen molar-refractivity contribution in [2.24, 2.45) is 0 Å². The second-order valence-electron chi connectivity index (χ2n) is 4.27. The second-order valence-corrected chi connectivity index (χ2v) is 4.27. The number of benzene rings is 1. The average molecular weight is 263 g/mol. The lowest BCUT2D eigenvalue weighted by molar-refractivity contribution is -0.145. The number of fused-ring (bicyclic) bond motifs is 1. The molecule has 0 saturated carbocycles. The van der Waals surface area contributed by atoms with E-state index >= 15 is 0 Å². The number of rotatable bonds is 4. The van der Waals surface area contributed by atoms with Crippen molar-refractivity contribution in [1.82, 2.24) is 0 Å². The minimum absolute atomic E-state index is 0.0151. The highest BCUT2D eigenvalue weighted by atomic mass is 16.6. The standard InChI is InChI=1S/C14H17NO4/c1-3-18-14(17)9-19-13-6-4-5-12-11(13)7-8-15(12)10(2)16/h4-6H,3,7-9H2,1-2H3. The lowest BCUT2D eigenvalue weighted by atomic mass is 10.1. The van der Waals surface area contributed by atoms with Crippen molar-refractivity contribution < 1.29 is 19.1 Å². The number of anilines is 1. The number of carbonyl (C=O) groups is 2. The normalized spacial score (nSPS) is 13.1. The van der Waals surface area contributed by atoms with E-state index in [9.17, 15) is 9.59 Å². The van der Waals surface area contributed by atoms with E-state index in [1.54, 1.807) is 18.7 Å². The Balaban J connectivity index is 2.12. The first kappa shape index (κ1) is 13.4. The highest BCUT2D eigenvalue weighted by Gasteiger charge is 2.25. The highest BCUT2D eigenvalue weighted by Crippen LogP contribution is 2.35. The Bertz CT molecular complexity index is 498. The fourth-order valence-electron chi connectivity index (χ4n) is 2.20. The molecule has 1 aliphatic heterocycles. The van der Waals surface area contributed by atoms with E-state index in [-0.39, 0.29) is 18.5 Å². The summed E-state index contributed by atoms with van der Waals surface area (Å²) in [5, 5.41) is 0. The Labute approximate surface area is 112 Å². The number of esters is 1. The summed E-state index contributed by atoms with van der Waals surface area (Å²) in [4.78, 5) is 24.5. The Morgan fingerprint density at radius 2 is 2.16 bits per heavy atom. The summed E-state index contributed by atoms with van der Waals surface area (Å²) in [5.74, 6) is 0.275. The van der Waals surface area contributed by atoms with Gasteiger partial charge in [-0.3, -0.25) is 4.79 Å². The molecule has 1 aromatic carbocycles. The number of amides is 1. The Hall–Kier alpha value is -2.04. The minimum Gasteiger partial charge on any atom is -0.482 e. The number of carbonyl (C=O) groups excluding carboxylic acids is 2. The summed E-state index contributed by atoms with van der Waals surface area (Å²) in [7, 11) is 0. The van der Waals surface area contributed by atoms with Crippen molar-refractivity contribution in [3.05, 3.63) is 23.8 Å². The van der Waals surface area contributed by atoms with Crippen molar-refractivity contribution in [3.63, 3.8) is 0 Å². The molecular formula is C14H17NO4. The van der Waals surface area contributed by atoms with Crippen molar-refractivity contribution in [2.75, 3.05) is 24.7 Å². The van der Waals surface area contributed by atoms with Crippen LogP contribution in [-0.4, -0.2) is 31.6 Å². The molecule has 0 radical (unpaired) electrons. The molecule has 5 heteroatoms. The molecule has 0 aliphatic carbocycles. The molecule has 0 bridgehead atoms. The molecule has 1 heterocycles. The average Bonchev–Trinajstić information content (AvgIpc) is 2.81. The molecule has 1 amide bonds. The monoisotopic (exact) mass is 263 g/mol. The fraction of sp³-hybridized carbons (Fsp3) is 0.429. The summed E-state index contributed by atoms with van der Waals surface area (Å²) in [6.45, 7) is 4.19. The summed E-state index contributed by atoms with van der Waals surface area (Å²) in [6.07, 6.45) is 0.744. The molecule has 5 nitrogen and oxygen atoms in total. The maximum absolute atomic E-state index is 11.5. The summed E-state index contributed by atoms with van der Waals surface area (Å²) in [5.41, 5.74) is 1.84. The number of nitrogens with zero attached hydrogens (tertiary/aromatic N) is 1. The third-order valence-corrected chi connectivity index (χ3v) is 3.02. The van der Waals surface area contributed by atoms with Crippen molar-refractivity contribution in [3.8, 4) is 5.75 Å². The highest BCUT2D eigenvalue weighted by molar-refractivity contribution is 5.94. The zero-order valence-electron chi connectivity index (χ0n) is 11.1. The predicted octanol–water partition coefficient (Wildman–Crippen LogP) is 1.54. The van der Waals surface area contributed by atoms with E-state index < -0.39 is 0 Å². The molecule has 2 rings (SSSR count). The van der Waals surface area contributed by atoms with Crippen molar-refractivity contribution >= 4 is 17.6 Å². The van der Waals surface area contributed by atoms with Crippen LogP contribution in [0.15, 0.2) is 18.2 Å². The molecule has 0 fully saturated rings. The summed E-state index contributed by atoms with van der Waals surface area (Å²) >= 11 is 0. The van der Waals surface area contributed by atoms with Gasteiger partial charge in [0.25, 0.3) is 0 Å². The molecular weight excluding hydrogens is 246 g/mol. The third-order valence-electron chi connectivity index (χ3n) is 3.02. The molecule has 0 aromatic heterocycles. The van der Waals surface area contributed by atoms with Crippen LogP contribution in [0.1, 0.15) is 19.4 Å². The van der Waals surface area contributed by atoms with Crippen molar-refractivity contribution in [1.29, 1.82) is 0 Å². The lowest BCUT2D eigenvalue weighted by Crippen LogP contribution is -2.25. The van der Waals surface area contributed by atoms with Crippen LogP contribution in [-0.2, 0) is 20.7 Å². The molecule has 19 heavy (non-hydrogen) atoms. The molecule has 0 atom stereocenters. The van der Waals surface area contributed by atoms with Crippen molar-refractivity contribution in [2.45, 2.75) is 20.3 Å². The van der Waals surface area contributed by atoms with Crippen LogP contribution < -0.4 is 9.64 Å². The maximum Gasteiger partial charge on any atom is 0.344 e. The SMILES string of the molecule is CCOC(=O)COc1cccc2c1CCN2C(C)=O. The van der Waals surface area contributed by atoms with Gasteiger partial charge in [-0.25, -0.2) is 4.79 Å². The van der Waals surface area contributed by atoms with E-state index in [0.717, 1.165) is 17.7 Å². The van der Waals surface area contributed by atoms with E-state index in [1.165, 1.54) is 0 Å². The number of hydrogen-bond acceptors (Lipinski definition) is 4. The molecule has 102 valence electrons. The van der Waals surface area contributed by atoms with Gasteiger partial charge in [0.1, 0.15) is 5.75 Å². The topological polar surface area (TPSA) is 55.8 Å². The van der Waals surface area contributed by atoms with Gasteiger partial charge in [-0.1, -0.05) is 6.07 Å². The van der Waals surface area contributed by atoms with Crippen LogP contribution >= 0.6 is 0 Å². The molecule has 0 saturated heterocycles. The molecule has 1 aromatic rings. The van der Waals surface area contributed by atoms with E-state index in [2.05, 4.69) is 0 Å². The quantitative estimate of drug-likeness (QED) is 0.773. The number of hydrogen-bond donors (Lipinski definition) is 0. The van der Waals surface area contributed by atoms with Crippen LogP contribution in [0.3, 0.4) is 0 Å². The summed E-state index contributed by atoms with van der Waals surface area (Å²) in [6, 6.07) is 5.52. The third kappa shape index (κ3) is 2.86. The smallest absolute Gasteiger partial charge is 0.344 e. The Kier molecular flexibility index (Phi) is 4.04. The van der Waals surface area contributed by atoms with Gasteiger partial charge in [-0.2, -0.15) is 0 Å². The zero-order chi connectivity index (χ0) is 13.8. The maximum atomic E-state index is 11.5. The minimum atomic E-state index is -0.387. The molecule has 0 N–H and O–H groups in total. The molecule has 0 spiro atoms. The van der Waals surface area contributed by atoms with Crippen LogP contribution in [0.25, 0.3) is 0 Å². The molecule has 1 aliphatic rings. The first-order valence-corrected chi connectivity index (χ1v) is 6.32. The van der Waals surface area contributed by atoms with Crippen LogP contribution in [0, 0.1) is 0 Å². The molecule has 0 unspecified atom stereocenters. The Morgan fingerprint density at radius 1 is 1.37 bits per heavy atom. The lowest BCUT2D eigenvalue weighted by Gasteiger charge is -2.15. The van der Waals surface area contributed by atoms with Gasteiger partial charge in [0.05, 0.1) is 12.3 Å². The summed E-state index contributed by atoms with van der Waals surface area (Å²) < 4.78 is 10.3. The number of ether oxygens (including phenoxy) is 2. The van der Waals surface area contributed by atoms with Gasteiger partial charge in [0.15, 0.2) is 6.61 Å². The second kappa shape index (κ2) is 5.73. The predicted molar refractivity (Wildman–Crippen MR) is 70.3 cm³/mol. The fourth-order valence-corrected chi connectivity index (χ4v) is 2.20. The van der Waals surface area contributed by atoms with Gasteiger partial charge in [0, 0.05) is 19.0 Å². The van der Waals surface area contributed by atoms with Crippen LogP contribution in [0.2, 0.25) is 0 Å². The first-order chi connectivity index (χ1) is 9.13. The van der Waals surface area contributed by atoms with E-state index in [0.29, 0.717) is 18.9 Å². The zero-order valence-corrected chi connectivity index (χ0v) is 11.1. The first-order valence-electron chi connectivity index (χ1n) is 6.32. The van der Waals surface area contributed by atoms with Gasteiger partial charge in [-0.05, 0) is 25.5 Å². The van der Waals surface area contributed by atoms with Gasteiger partial charge in [0.2, 0.25) is 5.91 Å². The van der Waals surface area contributed by atoms with Gasteiger partial charge in [-0.15, -0.1) is 0 Å².